The van der Waals surface area contributed by atoms with Crippen molar-refractivity contribution in [3.63, 3.8) is 0 Å². The molecule has 5 rings (SSSR count). The third-order valence-corrected chi connectivity index (χ3v) is 6.31. The van der Waals surface area contributed by atoms with Gasteiger partial charge < -0.3 is 18.8 Å². The van der Waals surface area contributed by atoms with Crippen LogP contribution in [0.15, 0.2) is 59.4 Å². The Bertz CT molecular complexity index is 1550. The van der Waals surface area contributed by atoms with E-state index in [0.717, 1.165) is 16.1 Å². The lowest BCUT2D eigenvalue weighted by Gasteiger charge is -2.27. The highest BCUT2D eigenvalue weighted by Crippen LogP contribution is 2.31. The molecule has 4 aromatic rings. The highest BCUT2D eigenvalue weighted by atomic mass is 16.6. The number of esters is 1. The quantitative estimate of drug-likeness (QED) is 0.304. The van der Waals surface area contributed by atoms with Crippen molar-refractivity contribution in [2.24, 2.45) is 7.05 Å². The monoisotopic (exact) mass is 487 g/mol. The van der Waals surface area contributed by atoms with Gasteiger partial charge in [0.2, 0.25) is 5.78 Å². The van der Waals surface area contributed by atoms with Gasteiger partial charge in [-0.3, -0.25) is 9.59 Å². The molecule has 0 bridgehead atoms. The van der Waals surface area contributed by atoms with Gasteiger partial charge in [0.25, 0.3) is 5.56 Å². The predicted molar refractivity (Wildman–Crippen MR) is 132 cm³/mol. The van der Waals surface area contributed by atoms with Crippen LogP contribution < -0.4 is 15.0 Å². The Kier molecular flexibility index (Phi) is 6.05. The first-order chi connectivity index (χ1) is 17.3. The Balaban J connectivity index is 1.29. The molecular weight excluding hydrogens is 462 g/mol. The summed E-state index contributed by atoms with van der Waals surface area (Å²) in [7, 11) is 1.46. The molecule has 1 atom stereocenters. The Morgan fingerprint density at radius 3 is 2.53 bits per heavy atom. The van der Waals surface area contributed by atoms with Crippen LogP contribution in [-0.4, -0.2) is 45.4 Å². The summed E-state index contributed by atoms with van der Waals surface area (Å²) in [6.45, 7) is 4.22. The van der Waals surface area contributed by atoms with E-state index in [0.29, 0.717) is 41.0 Å². The van der Waals surface area contributed by atoms with Gasteiger partial charge in [-0.1, -0.05) is 30.3 Å². The number of carbonyl (C=O) groups excluding carboxylic acids is 2. The van der Waals surface area contributed by atoms with Gasteiger partial charge in [0.15, 0.2) is 29.9 Å². The number of ether oxygens (including phenoxy) is 3. The molecule has 2 aromatic carbocycles. The zero-order valence-corrected chi connectivity index (χ0v) is 20.2. The Labute approximate surface area is 206 Å². The van der Waals surface area contributed by atoms with Crippen molar-refractivity contribution in [3.8, 4) is 11.5 Å². The predicted octanol–water partition coefficient (Wildman–Crippen LogP) is 3.23. The fourth-order valence-corrected chi connectivity index (χ4v) is 4.45. The molecule has 0 radical (unpaired) electrons. The highest BCUT2D eigenvalue weighted by molar-refractivity contribution is 6.04. The number of aromatic nitrogens is 3. The minimum Gasteiger partial charge on any atom is -0.486 e. The second-order valence-corrected chi connectivity index (χ2v) is 8.72. The number of aryl methyl sites for hydroxylation is 2. The number of hydrogen-bond acceptors (Lipinski definition) is 7. The average molecular weight is 488 g/mol. The van der Waals surface area contributed by atoms with Crippen LogP contribution in [0.1, 0.15) is 32.2 Å². The fraction of sp³-hybridized carbons (Fsp3) is 0.259. The molecule has 0 amide bonds. The molecule has 0 saturated heterocycles. The normalized spacial score (nSPS) is 14.6. The minimum atomic E-state index is -0.768. The molecule has 0 unspecified atom stereocenters. The summed E-state index contributed by atoms with van der Waals surface area (Å²) < 4.78 is 20.3. The van der Waals surface area contributed by atoms with Gasteiger partial charge in [0.05, 0.1) is 11.9 Å². The summed E-state index contributed by atoms with van der Waals surface area (Å²) in [5, 5.41) is 4.79. The van der Waals surface area contributed by atoms with Gasteiger partial charge in [-0.2, -0.15) is 5.10 Å². The standard InChI is InChI=1S/C27H25N3O6/c1-16-12-21(17(2)30(16)13-18-14-34-23-10-6-7-11-24(23)36-18)22(31)15-35-27(33)25-19-8-4-5-9-20(19)26(32)29(3)28-25/h4-12,18H,13-15H2,1-3H3/t18-/m0/s1. The number of rotatable bonds is 6. The topological polar surface area (TPSA) is 102 Å². The molecule has 9 nitrogen and oxygen atoms in total. The lowest BCUT2D eigenvalue weighted by atomic mass is 10.1. The molecule has 9 heteroatoms. The Hall–Kier alpha value is -4.40. The number of benzene rings is 2. The summed E-state index contributed by atoms with van der Waals surface area (Å²) in [6.07, 6.45) is -0.213. The molecular formula is C27H25N3O6. The van der Waals surface area contributed by atoms with Crippen LogP contribution in [0.2, 0.25) is 0 Å². The van der Waals surface area contributed by atoms with Crippen LogP contribution in [0.4, 0.5) is 0 Å². The van der Waals surface area contributed by atoms with Crippen LogP contribution in [-0.2, 0) is 18.3 Å². The van der Waals surface area contributed by atoms with Crippen LogP contribution in [0.3, 0.4) is 0 Å². The minimum absolute atomic E-state index is 0.0132. The third kappa shape index (κ3) is 4.24. The van der Waals surface area contributed by atoms with Crippen molar-refractivity contribution >= 4 is 22.5 Å². The molecule has 3 heterocycles. The number of para-hydroxylation sites is 2. The first-order valence-electron chi connectivity index (χ1n) is 11.5. The zero-order chi connectivity index (χ0) is 25.4. The van der Waals surface area contributed by atoms with E-state index < -0.39 is 12.6 Å². The Morgan fingerprint density at radius 2 is 1.75 bits per heavy atom. The number of ketones is 1. The van der Waals surface area contributed by atoms with E-state index in [9.17, 15) is 14.4 Å². The second kappa shape index (κ2) is 9.33. The van der Waals surface area contributed by atoms with E-state index in [1.165, 1.54) is 7.05 Å². The number of hydrogen-bond donors (Lipinski definition) is 0. The average Bonchev–Trinajstić information content (AvgIpc) is 3.17. The molecule has 0 N–H and O–H groups in total. The smallest absolute Gasteiger partial charge is 0.359 e. The number of carbonyl (C=O) groups is 2. The van der Waals surface area contributed by atoms with Gasteiger partial charge in [0.1, 0.15) is 6.61 Å². The van der Waals surface area contributed by atoms with Crippen molar-refractivity contribution in [1.82, 2.24) is 14.3 Å². The maximum Gasteiger partial charge on any atom is 0.359 e. The fourth-order valence-electron chi connectivity index (χ4n) is 4.45. The Morgan fingerprint density at radius 1 is 1.06 bits per heavy atom. The SMILES string of the molecule is Cc1cc(C(=O)COC(=O)c2nn(C)c(=O)c3ccccc23)c(C)n1C[C@H]1COc2ccccc2O1. The molecule has 36 heavy (non-hydrogen) atoms. The van der Waals surface area contributed by atoms with E-state index in [1.54, 1.807) is 30.3 Å². The molecule has 0 saturated carbocycles. The molecule has 0 aliphatic carbocycles. The summed E-state index contributed by atoms with van der Waals surface area (Å²) in [4.78, 5) is 38.1. The molecule has 1 aliphatic rings. The maximum atomic E-state index is 13.0. The van der Waals surface area contributed by atoms with Gasteiger partial charge >= 0.3 is 5.97 Å². The van der Waals surface area contributed by atoms with E-state index >= 15 is 0 Å². The largest absolute Gasteiger partial charge is 0.486 e. The lowest BCUT2D eigenvalue weighted by molar-refractivity contribution is 0.0468. The van der Waals surface area contributed by atoms with E-state index in [2.05, 4.69) is 5.10 Å². The summed E-state index contributed by atoms with van der Waals surface area (Å²) in [5.74, 6) is 0.311. The van der Waals surface area contributed by atoms with Crippen LogP contribution >= 0.6 is 0 Å². The number of Topliss-reactive ketones (excluding diaryl/α,β-unsaturated/α-hetero) is 1. The summed E-state index contributed by atoms with van der Waals surface area (Å²) in [5.41, 5.74) is 1.77. The molecule has 184 valence electrons. The maximum absolute atomic E-state index is 13.0. The van der Waals surface area contributed by atoms with Crippen LogP contribution in [0, 0.1) is 13.8 Å². The van der Waals surface area contributed by atoms with Crippen molar-refractivity contribution in [1.29, 1.82) is 0 Å². The van der Waals surface area contributed by atoms with Crippen molar-refractivity contribution in [3.05, 3.63) is 87.6 Å². The molecule has 0 fully saturated rings. The summed E-state index contributed by atoms with van der Waals surface area (Å²) >= 11 is 0. The lowest BCUT2D eigenvalue weighted by Crippen LogP contribution is -2.33. The first-order valence-corrected chi connectivity index (χ1v) is 11.5. The van der Waals surface area contributed by atoms with Crippen molar-refractivity contribution in [2.45, 2.75) is 26.5 Å². The second-order valence-electron chi connectivity index (χ2n) is 8.72. The molecule has 0 spiro atoms. The van der Waals surface area contributed by atoms with Crippen molar-refractivity contribution < 1.29 is 23.8 Å². The first kappa shape index (κ1) is 23.3. The van der Waals surface area contributed by atoms with Gasteiger partial charge in [0, 0.05) is 29.4 Å². The number of nitrogens with zero attached hydrogens (tertiary/aromatic N) is 3. The molecule has 2 aromatic heterocycles. The zero-order valence-electron chi connectivity index (χ0n) is 20.2. The van der Waals surface area contributed by atoms with E-state index in [1.807, 2.05) is 42.7 Å². The number of fused-ring (bicyclic) bond motifs is 2. The van der Waals surface area contributed by atoms with Crippen LogP contribution in [0.5, 0.6) is 11.5 Å². The van der Waals surface area contributed by atoms with Gasteiger partial charge in [-0.25, -0.2) is 9.48 Å². The summed E-state index contributed by atoms with van der Waals surface area (Å²) in [6, 6.07) is 16.0. The van der Waals surface area contributed by atoms with Crippen LogP contribution in [0.25, 0.3) is 10.8 Å². The van der Waals surface area contributed by atoms with E-state index in [4.69, 9.17) is 14.2 Å². The van der Waals surface area contributed by atoms with Gasteiger partial charge in [-0.15, -0.1) is 0 Å². The van der Waals surface area contributed by atoms with Crippen molar-refractivity contribution in [2.75, 3.05) is 13.2 Å². The van der Waals surface area contributed by atoms with Gasteiger partial charge in [-0.05, 0) is 38.1 Å². The molecule has 1 aliphatic heterocycles. The third-order valence-electron chi connectivity index (χ3n) is 6.31. The highest BCUT2D eigenvalue weighted by Gasteiger charge is 2.25. The van der Waals surface area contributed by atoms with E-state index in [-0.39, 0.29) is 23.1 Å².